The smallest absolute Gasteiger partial charge is 0.0800 e. The van der Waals surface area contributed by atoms with Crippen LogP contribution in [0.1, 0.15) is 63.1 Å². The lowest BCUT2D eigenvalue weighted by Gasteiger charge is -2.17. The van der Waals surface area contributed by atoms with Crippen LogP contribution in [0.3, 0.4) is 0 Å². The molecule has 0 spiro atoms. The molecular formula is C12H23N3S. The van der Waals surface area contributed by atoms with Crippen molar-refractivity contribution in [1.82, 2.24) is 14.9 Å². The highest BCUT2D eigenvalue weighted by Gasteiger charge is 2.17. The molecule has 0 saturated heterocycles. The highest BCUT2D eigenvalue weighted by atomic mass is 32.1. The van der Waals surface area contributed by atoms with Gasteiger partial charge in [0, 0.05) is 6.04 Å². The summed E-state index contributed by atoms with van der Waals surface area (Å²) in [6.45, 7) is 7.67. The zero-order valence-electron chi connectivity index (χ0n) is 10.6. The number of hydrogen-bond donors (Lipinski definition) is 1. The molecule has 1 rings (SSSR count). The van der Waals surface area contributed by atoms with Crippen molar-refractivity contribution in [3.63, 3.8) is 0 Å². The second-order valence-corrected chi connectivity index (χ2v) is 4.87. The molecule has 0 radical (unpaired) electrons. The third-order valence-corrected chi connectivity index (χ3v) is 3.60. The van der Waals surface area contributed by atoms with E-state index < -0.39 is 0 Å². The molecule has 0 aliphatic heterocycles. The Kier molecular flexibility index (Phi) is 6.57. The lowest BCUT2D eigenvalue weighted by molar-refractivity contribution is 0.484. The molecule has 1 aromatic rings. The Hall–Kier alpha value is -0.480. The normalized spacial score (nSPS) is 12.9. The van der Waals surface area contributed by atoms with Crippen LogP contribution in [0.25, 0.3) is 0 Å². The minimum Gasteiger partial charge on any atom is -0.309 e. The quantitative estimate of drug-likeness (QED) is 0.758. The Morgan fingerprint density at radius 2 is 2.06 bits per heavy atom. The van der Waals surface area contributed by atoms with Gasteiger partial charge in [-0.15, -0.1) is 5.10 Å². The van der Waals surface area contributed by atoms with Gasteiger partial charge in [-0.2, -0.15) is 0 Å². The molecule has 0 saturated carbocycles. The summed E-state index contributed by atoms with van der Waals surface area (Å²) in [6.07, 6.45) is 5.88. The van der Waals surface area contributed by atoms with Gasteiger partial charge >= 0.3 is 0 Å². The summed E-state index contributed by atoms with van der Waals surface area (Å²) in [4.78, 5) is 1.35. The van der Waals surface area contributed by atoms with E-state index in [0.29, 0.717) is 6.04 Å². The van der Waals surface area contributed by atoms with Crippen molar-refractivity contribution in [3.05, 3.63) is 10.6 Å². The molecule has 92 valence electrons. The van der Waals surface area contributed by atoms with Crippen molar-refractivity contribution in [2.45, 2.75) is 58.9 Å². The molecule has 1 N–H and O–H groups in total. The van der Waals surface area contributed by atoms with Crippen LogP contribution in [0.5, 0.6) is 0 Å². The largest absolute Gasteiger partial charge is 0.309 e. The van der Waals surface area contributed by atoms with Crippen molar-refractivity contribution in [3.8, 4) is 0 Å². The van der Waals surface area contributed by atoms with Gasteiger partial charge in [-0.25, -0.2) is 0 Å². The molecule has 0 fully saturated rings. The van der Waals surface area contributed by atoms with Crippen LogP contribution in [0.2, 0.25) is 0 Å². The Bertz CT molecular complexity index is 278. The van der Waals surface area contributed by atoms with E-state index in [0.717, 1.165) is 13.0 Å². The van der Waals surface area contributed by atoms with Crippen LogP contribution < -0.4 is 5.32 Å². The maximum Gasteiger partial charge on any atom is 0.0800 e. The zero-order valence-corrected chi connectivity index (χ0v) is 11.4. The number of unbranched alkanes of at least 4 members (excludes halogenated alkanes) is 1. The van der Waals surface area contributed by atoms with Crippen LogP contribution in [-0.2, 0) is 6.42 Å². The maximum absolute atomic E-state index is 4.20. The zero-order chi connectivity index (χ0) is 11.8. The molecule has 0 amide bonds. The van der Waals surface area contributed by atoms with Gasteiger partial charge in [0.05, 0.1) is 10.6 Å². The van der Waals surface area contributed by atoms with Crippen LogP contribution in [0.15, 0.2) is 0 Å². The molecule has 1 unspecified atom stereocenters. The van der Waals surface area contributed by atoms with E-state index in [1.54, 1.807) is 11.5 Å². The minimum atomic E-state index is 0.467. The predicted octanol–water partition coefficient (Wildman–Crippen LogP) is 3.33. The fourth-order valence-electron chi connectivity index (χ4n) is 1.78. The molecular weight excluding hydrogens is 218 g/mol. The van der Waals surface area contributed by atoms with Gasteiger partial charge in [0.1, 0.15) is 0 Å². The Balaban J connectivity index is 2.66. The van der Waals surface area contributed by atoms with Gasteiger partial charge in [-0.1, -0.05) is 38.1 Å². The number of nitrogens with one attached hydrogen (secondary N) is 1. The summed E-state index contributed by atoms with van der Waals surface area (Å²) in [7, 11) is 0. The number of aromatic nitrogens is 2. The van der Waals surface area contributed by atoms with Crippen LogP contribution in [0.4, 0.5) is 0 Å². The van der Waals surface area contributed by atoms with E-state index in [-0.39, 0.29) is 0 Å². The van der Waals surface area contributed by atoms with Gasteiger partial charge in [-0.3, -0.25) is 0 Å². The van der Waals surface area contributed by atoms with E-state index >= 15 is 0 Å². The molecule has 3 nitrogen and oxygen atoms in total. The van der Waals surface area contributed by atoms with Gasteiger partial charge in [0.2, 0.25) is 0 Å². The Morgan fingerprint density at radius 1 is 1.25 bits per heavy atom. The SMILES string of the molecule is CCCCC(NCCC)c1snnc1CC. The van der Waals surface area contributed by atoms with Crippen molar-refractivity contribution >= 4 is 11.5 Å². The molecule has 1 heterocycles. The lowest BCUT2D eigenvalue weighted by atomic mass is 10.1. The molecule has 1 aromatic heterocycles. The van der Waals surface area contributed by atoms with Crippen LogP contribution in [-0.4, -0.2) is 16.1 Å². The Labute approximate surface area is 103 Å². The first-order chi connectivity index (χ1) is 7.83. The van der Waals surface area contributed by atoms with Crippen molar-refractivity contribution in [2.24, 2.45) is 0 Å². The lowest BCUT2D eigenvalue weighted by Crippen LogP contribution is -2.22. The highest BCUT2D eigenvalue weighted by Crippen LogP contribution is 2.25. The van der Waals surface area contributed by atoms with Gasteiger partial charge in [0.15, 0.2) is 0 Å². The van der Waals surface area contributed by atoms with Crippen molar-refractivity contribution < 1.29 is 0 Å². The van der Waals surface area contributed by atoms with Gasteiger partial charge in [0.25, 0.3) is 0 Å². The third-order valence-electron chi connectivity index (χ3n) is 2.72. The second kappa shape index (κ2) is 7.74. The standard InChI is InChI=1S/C12H23N3S/c1-4-7-8-11(13-9-5-2)12-10(6-3)14-15-16-12/h11,13H,4-9H2,1-3H3. The second-order valence-electron chi connectivity index (χ2n) is 4.09. The molecule has 4 heteroatoms. The molecule has 0 aliphatic carbocycles. The predicted molar refractivity (Wildman–Crippen MR) is 69.8 cm³/mol. The van der Waals surface area contributed by atoms with Crippen molar-refractivity contribution in [1.29, 1.82) is 0 Å². The summed E-state index contributed by atoms with van der Waals surface area (Å²) in [6, 6.07) is 0.467. The topological polar surface area (TPSA) is 37.8 Å². The van der Waals surface area contributed by atoms with E-state index in [4.69, 9.17) is 0 Å². The van der Waals surface area contributed by atoms with Gasteiger partial charge in [-0.05, 0) is 37.3 Å². The molecule has 1 atom stereocenters. The van der Waals surface area contributed by atoms with E-state index in [2.05, 4.69) is 35.7 Å². The Morgan fingerprint density at radius 3 is 2.69 bits per heavy atom. The maximum atomic E-state index is 4.20. The number of hydrogen-bond acceptors (Lipinski definition) is 4. The molecule has 0 bridgehead atoms. The minimum absolute atomic E-state index is 0.467. The summed E-state index contributed by atoms with van der Waals surface area (Å²) in [5.41, 5.74) is 1.18. The van der Waals surface area contributed by atoms with E-state index in [9.17, 15) is 0 Å². The first-order valence-corrected chi connectivity index (χ1v) is 7.15. The summed E-state index contributed by atoms with van der Waals surface area (Å²) in [5, 5.41) is 7.81. The monoisotopic (exact) mass is 241 g/mol. The van der Waals surface area contributed by atoms with Crippen LogP contribution >= 0.6 is 11.5 Å². The number of rotatable bonds is 8. The first-order valence-electron chi connectivity index (χ1n) is 6.37. The first kappa shape index (κ1) is 13.6. The van der Waals surface area contributed by atoms with Gasteiger partial charge < -0.3 is 5.32 Å². The average molecular weight is 241 g/mol. The fraction of sp³-hybridized carbons (Fsp3) is 0.833. The van der Waals surface area contributed by atoms with E-state index in [1.165, 1.54) is 36.3 Å². The number of aryl methyl sites for hydroxylation is 1. The average Bonchev–Trinajstić information content (AvgIpc) is 2.77. The number of nitrogens with zero attached hydrogens (tertiary/aromatic N) is 2. The fourth-order valence-corrected chi connectivity index (χ4v) is 2.62. The molecule has 16 heavy (non-hydrogen) atoms. The summed E-state index contributed by atoms with van der Waals surface area (Å²) in [5.74, 6) is 0. The molecule has 0 aromatic carbocycles. The third kappa shape index (κ3) is 3.83. The summed E-state index contributed by atoms with van der Waals surface area (Å²) >= 11 is 1.56. The van der Waals surface area contributed by atoms with Crippen LogP contribution in [0, 0.1) is 0 Å². The molecule has 0 aliphatic rings. The van der Waals surface area contributed by atoms with Crippen molar-refractivity contribution in [2.75, 3.05) is 6.54 Å². The highest BCUT2D eigenvalue weighted by molar-refractivity contribution is 7.05. The summed E-state index contributed by atoms with van der Waals surface area (Å²) < 4.78 is 4.08. The van der Waals surface area contributed by atoms with E-state index in [1.807, 2.05) is 0 Å².